The van der Waals surface area contributed by atoms with Crippen molar-refractivity contribution in [3.63, 3.8) is 0 Å². The molecule has 0 unspecified atom stereocenters. The molecule has 3 rings (SSSR count). The molecule has 0 aliphatic carbocycles. The molecule has 2 atom stereocenters. The lowest BCUT2D eigenvalue weighted by atomic mass is 10.1. The summed E-state index contributed by atoms with van der Waals surface area (Å²) in [5, 5.41) is 12.2. The minimum Gasteiger partial charge on any atom is -0.465 e. The van der Waals surface area contributed by atoms with Gasteiger partial charge in [-0.3, -0.25) is 15.0 Å². The molecule has 2 amide bonds. The fourth-order valence-electron chi connectivity index (χ4n) is 2.55. The van der Waals surface area contributed by atoms with Crippen molar-refractivity contribution in [1.29, 1.82) is 0 Å². The highest BCUT2D eigenvalue weighted by Gasteiger charge is 2.37. The van der Waals surface area contributed by atoms with Crippen LogP contribution in [0.25, 0.3) is 0 Å². The van der Waals surface area contributed by atoms with Crippen LogP contribution in [0.15, 0.2) is 12.4 Å². The van der Waals surface area contributed by atoms with Crippen molar-refractivity contribution < 1.29 is 19.1 Å². The molecule has 23 heavy (non-hydrogen) atoms. The van der Waals surface area contributed by atoms with Gasteiger partial charge in [0, 0.05) is 27.7 Å². The Morgan fingerprint density at radius 3 is 2.96 bits per heavy atom. The summed E-state index contributed by atoms with van der Waals surface area (Å²) in [5.41, 5.74) is 0.438. The van der Waals surface area contributed by atoms with E-state index in [0.29, 0.717) is 15.6 Å². The van der Waals surface area contributed by atoms with Gasteiger partial charge in [0.2, 0.25) is 5.13 Å². The number of rotatable bonds is 3. The summed E-state index contributed by atoms with van der Waals surface area (Å²) in [4.78, 5) is 29.9. The molecule has 1 saturated heterocycles. The number of carboxylic acid groups (broad SMARTS) is 1. The van der Waals surface area contributed by atoms with Crippen molar-refractivity contribution in [3.05, 3.63) is 27.7 Å². The topological polar surface area (TPSA) is 95.4 Å². The molecular weight excluding hydrogens is 343 g/mol. The Balaban J connectivity index is 1.83. The number of nitrogens with zero attached hydrogens (tertiary/aromatic N) is 3. The Morgan fingerprint density at radius 2 is 2.30 bits per heavy atom. The SMILES string of the molecule is Cc1sc([C@@H]2C[C@@H](F)CN2C(=O)O)cc1C(=O)Nc1ncns1. The lowest BCUT2D eigenvalue weighted by molar-refractivity contribution is 0.102. The largest absolute Gasteiger partial charge is 0.465 e. The average Bonchev–Trinajstić information content (AvgIpc) is 3.18. The smallest absolute Gasteiger partial charge is 0.407 e. The normalized spacial score (nSPS) is 20.7. The quantitative estimate of drug-likeness (QED) is 0.882. The van der Waals surface area contributed by atoms with Crippen LogP contribution >= 0.6 is 22.9 Å². The van der Waals surface area contributed by atoms with Crippen LogP contribution in [0.3, 0.4) is 0 Å². The van der Waals surface area contributed by atoms with E-state index in [9.17, 15) is 19.1 Å². The van der Waals surface area contributed by atoms with Crippen LogP contribution < -0.4 is 5.32 Å². The van der Waals surface area contributed by atoms with Gasteiger partial charge in [-0.2, -0.15) is 4.37 Å². The van der Waals surface area contributed by atoms with Gasteiger partial charge in [0.1, 0.15) is 12.5 Å². The summed E-state index contributed by atoms with van der Waals surface area (Å²) in [6.07, 6.45) is -0.876. The molecule has 0 bridgehead atoms. The molecule has 7 nitrogen and oxygen atoms in total. The number of carbonyl (C=O) groups is 2. The van der Waals surface area contributed by atoms with E-state index < -0.39 is 18.3 Å². The Bertz CT molecular complexity index is 734. The lowest BCUT2D eigenvalue weighted by Crippen LogP contribution is -2.29. The Kier molecular flexibility index (Phi) is 4.26. The summed E-state index contributed by atoms with van der Waals surface area (Å²) in [7, 11) is 0. The van der Waals surface area contributed by atoms with E-state index >= 15 is 0 Å². The first kappa shape index (κ1) is 15.8. The van der Waals surface area contributed by atoms with Crippen molar-refractivity contribution in [3.8, 4) is 0 Å². The minimum atomic E-state index is -1.18. The number of anilines is 1. The van der Waals surface area contributed by atoms with Gasteiger partial charge < -0.3 is 5.11 Å². The molecule has 122 valence electrons. The van der Waals surface area contributed by atoms with Crippen LogP contribution in [0.2, 0.25) is 0 Å². The second-order valence-electron chi connectivity index (χ2n) is 5.10. The van der Waals surface area contributed by atoms with E-state index in [1.54, 1.807) is 13.0 Å². The standard InChI is InChI=1S/C13H13FN4O3S2/c1-6-8(11(19)17-12-15-5-16-23-12)3-10(22-6)9-2-7(14)4-18(9)13(20)21/h3,5,7,9H,2,4H2,1H3,(H,20,21)(H,15,16,17,19)/t7-,9+/m1/s1. The van der Waals surface area contributed by atoms with Gasteiger partial charge in [0.15, 0.2) is 0 Å². The maximum absolute atomic E-state index is 13.6. The zero-order valence-electron chi connectivity index (χ0n) is 12.0. The fraction of sp³-hybridized carbons (Fsp3) is 0.385. The van der Waals surface area contributed by atoms with Gasteiger partial charge in [0.25, 0.3) is 5.91 Å². The molecule has 10 heteroatoms. The van der Waals surface area contributed by atoms with Gasteiger partial charge >= 0.3 is 6.09 Å². The van der Waals surface area contributed by atoms with E-state index in [1.807, 2.05) is 0 Å². The van der Waals surface area contributed by atoms with Crippen molar-refractivity contribution in [2.24, 2.45) is 0 Å². The number of likely N-dealkylation sites (tertiary alicyclic amines) is 1. The van der Waals surface area contributed by atoms with Crippen LogP contribution in [0.4, 0.5) is 14.3 Å². The number of hydrogen-bond acceptors (Lipinski definition) is 6. The number of nitrogens with one attached hydrogen (secondary N) is 1. The predicted octanol–water partition coefficient (Wildman–Crippen LogP) is 2.92. The summed E-state index contributed by atoms with van der Waals surface area (Å²) < 4.78 is 17.4. The molecule has 1 fully saturated rings. The number of carbonyl (C=O) groups excluding carboxylic acids is 1. The number of hydrogen-bond donors (Lipinski definition) is 2. The molecule has 3 heterocycles. The molecule has 0 spiro atoms. The number of aromatic nitrogens is 2. The number of amides is 2. The second kappa shape index (κ2) is 6.20. The summed E-state index contributed by atoms with van der Waals surface area (Å²) in [6.45, 7) is 1.64. The zero-order chi connectivity index (χ0) is 16.6. The summed E-state index contributed by atoms with van der Waals surface area (Å²) in [5.74, 6) is -0.335. The van der Waals surface area contributed by atoms with Gasteiger partial charge in [0.05, 0.1) is 18.2 Å². The number of aryl methyl sites for hydroxylation is 1. The Labute approximate surface area is 138 Å². The van der Waals surface area contributed by atoms with Crippen LogP contribution in [0.5, 0.6) is 0 Å². The first-order valence-corrected chi connectivity index (χ1v) is 8.36. The van der Waals surface area contributed by atoms with E-state index in [0.717, 1.165) is 21.3 Å². The fourth-order valence-corrected chi connectivity index (χ4v) is 4.13. The third kappa shape index (κ3) is 3.17. The molecule has 2 N–H and O–H groups in total. The Morgan fingerprint density at radius 1 is 1.52 bits per heavy atom. The third-order valence-corrected chi connectivity index (χ3v) is 5.32. The lowest BCUT2D eigenvalue weighted by Gasteiger charge is -2.19. The molecular formula is C13H13FN4O3S2. The molecule has 0 radical (unpaired) electrons. The number of halogens is 1. The number of alkyl halides is 1. The monoisotopic (exact) mass is 356 g/mol. The van der Waals surface area contributed by atoms with Crippen molar-refractivity contribution in [1.82, 2.24) is 14.3 Å². The van der Waals surface area contributed by atoms with Crippen LogP contribution in [-0.2, 0) is 0 Å². The summed E-state index contributed by atoms with van der Waals surface area (Å²) in [6, 6.07) is 1.09. The highest BCUT2D eigenvalue weighted by molar-refractivity contribution is 7.12. The van der Waals surface area contributed by atoms with Crippen LogP contribution in [-0.4, -0.2) is 44.1 Å². The number of thiophene rings is 1. The predicted molar refractivity (Wildman–Crippen MR) is 83.9 cm³/mol. The van der Waals surface area contributed by atoms with Gasteiger partial charge in [-0.25, -0.2) is 14.2 Å². The molecule has 1 aliphatic heterocycles. The van der Waals surface area contributed by atoms with Crippen molar-refractivity contribution >= 4 is 40.0 Å². The highest BCUT2D eigenvalue weighted by atomic mass is 32.1. The minimum absolute atomic E-state index is 0.115. The molecule has 0 saturated carbocycles. The maximum Gasteiger partial charge on any atom is 0.407 e. The highest BCUT2D eigenvalue weighted by Crippen LogP contribution is 2.38. The van der Waals surface area contributed by atoms with E-state index in [1.165, 1.54) is 17.7 Å². The van der Waals surface area contributed by atoms with Gasteiger partial charge in [-0.15, -0.1) is 11.3 Å². The van der Waals surface area contributed by atoms with E-state index in [2.05, 4.69) is 14.7 Å². The van der Waals surface area contributed by atoms with E-state index in [4.69, 9.17) is 0 Å². The first-order chi connectivity index (χ1) is 11.0. The molecule has 2 aromatic rings. The summed E-state index contributed by atoms with van der Waals surface area (Å²) >= 11 is 2.37. The van der Waals surface area contributed by atoms with Crippen LogP contribution in [0.1, 0.15) is 32.6 Å². The molecule has 1 aliphatic rings. The second-order valence-corrected chi connectivity index (χ2v) is 7.17. The zero-order valence-corrected chi connectivity index (χ0v) is 13.7. The first-order valence-electron chi connectivity index (χ1n) is 6.77. The maximum atomic E-state index is 13.6. The van der Waals surface area contributed by atoms with Crippen molar-refractivity contribution in [2.75, 3.05) is 11.9 Å². The third-order valence-electron chi connectivity index (χ3n) is 3.59. The van der Waals surface area contributed by atoms with Crippen LogP contribution in [0, 0.1) is 6.92 Å². The Hall–Kier alpha value is -2.07. The average molecular weight is 356 g/mol. The molecule has 2 aromatic heterocycles. The molecule has 0 aromatic carbocycles. The van der Waals surface area contributed by atoms with E-state index in [-0.39, 0.29) is 18.9 Å². The van der Waals surface area contributed by atoms with Gasteiger partial charge in [-0.05, 0) is 13.0 Å². The van der Waals surface area contributed by atoms with Gasteiger partial charge in [-0.1, -0.05) is 0 Å². The van der Waals surface area contributed by atoms with Crippen molar-refractivity contribution in [2.45, 2.75) is 25.6 Å².